The molecule has 0 atom stereocenters. The zero-order chi connectivity index (χ0) is 14.7. The van der Waals surface area contributed by atoms with Crippen LogP contribution in [0.1, 0.15) is 31.4 Å². The topological polar surface area (TPSA) is 74.6 Å². The van der Waals surface area contributed by atoms with Crippen LogP contribution in [0.15, 0.2) is 22.8 Å². The lowest BCUT2D eigenvalue weighted by Gasteiger charge is -2.20. The van der Waals surface area contributed by atoms with Crippen LogP contribution in [-0.4, -0.2) is 36.0 Å². The summed E-state index contributed by atoms with van der Waals surface area (Å²) in [5.41, 5.74) is 0. The molecule has 0 radical (unpaired) electrons. The molecule has 2 aliphatic rings. The highest BCUT2D eigenvalue weighted by atomic mass is 16.3. The summed E-state index contributed by atoms with van der Waals surface area (Å²) in [7, 11) is 0. The van der Waals surface area contributed by atoms with E-state index < -0.39 is 6.03 Å². The van der Waals surface area contributed by atoms with Crippen molar-refractivity contribution in [1.29, 1.82) is 0 Å². The van der Waals surface area contributed by atoms with E-state index >= 15 is 0 Å². The number of furan rings is 1. The SMILES string of the molecule is O=C(CN(CC1CC1)C1CC1)NC(=O)NCc1ccco1. The Balaban J connectivity index is 1.38. The monoisotopic (exact) mass is 291 g/mol. The van der Waals surface area contributed by atoms with Crippen molar-refractivity contribution >= 4 is 11.9 Å². The van der Waals surface area contributed by atoms with Crippen molar-refractivity contribution in [3.05, 3.63) is 24.2 Å². The molecule has 1 aromatic heterocycles. The maximum atomic E-state index is 11.9. The molecule has 0 saturated heterocycles. The van der Waals surface area contributed by atoms with Gasteiger partial charge in [0.2, 0.25) is 5.91 Å². The normalized spacial score (nSPS) is 17.8. The molecule has 2 fully saturated rings. The van der Waals surface area contributed by atoms with Gasteiger partial charge in [-0.15, -0.1) is 0 Å². The van der Waals surface area contributed by atoms with Gasteiger partial charge in [-0.3, -0.25) is 15.0 Å². The molecule has 2 aliphatic carbocycles. The molecular weight excluding hydrogens is 270 g/mol. The van der Waals surface area contributed by atoms with E-state index in [0.717, 1.165) is 12.5 Å². The molecule has 6 nitrogen and oxygen atoms in total. The van der Waals surface area contributed by atoms with Crippen molar-refractivity contribution in [3.63, 3.8) is 0 Å². The van der Waals surface area contributed by atoms with Gasteiger partial charge in [0.15, 0.2) is 0 Å². The zero-order valence-corrected chi connectivity index (χ0v) is 12.0. The minimum absolute atomic E-state index is 0.237. The molecule has 3 rings (SSSR count). The van der Waals surface area contributed by atoms with Crippen LogP contribution in [0, 0.1) is 5.92 Å². The van der Waals surface area contributed by atoms with Crippen LogP contribution in [0.25, 0.3) is 0 Å². The van der Waals surface area contributed by atoms with Gasteiger partial charge >= 0.3 is 6.03 Å². The molecule has 1 heterocycles. The number of amides is 3. The van der Waals surface area contributed by atoms with Crippen LogP contribution in [-0.2, 0) is 11.3 Å². The Morgan fingerprint density at radius 2 is 2.10 bits per heavy atom. The molecule has 2 saturated carbocycles. The Hall–Kier alpha value is -1.82. The average molecular weight is 291 g/mol. The van der Waals surface area contributed by atoms with E-state index in [1.165, 1.54) is 25.7 Å². The summed E-state index contributed by atoms with van der Waals surface area (Å²) >= 11 is 0. The van der Waals surface area contributed by atoms with Gasteiger partial charge in [0, 0.05) is 12.6 Å². The third-order valence-electron chi connectivity index (χ3n) is 3.86. The summed E-state index contributed by atoms with van der Waals surface area (Å²) in [4.78, 5) is 25.8. The molecule has 0 aliphatic heterocycles. The Bertz CT molecular complexity index is 492. The average Bonchev–Trinajstić information content (AvgIpc) is 3.36. The molecule has 114 valence electrons. The molecule has 0 unspecified atom stereocenters. The van der Waals surface area contributed by atoms with Gasteiger partial charge in [-0.25, -0.2) is 4.79 Å². The highest BCUT2D eigenvalue weighted by Crippen LogP contribution is 2.34. The van der Waals surface area contributed by atoms with Gasteiger partial charge in [0.1, 0.15) is 5.76 Å². The number of urea groups is 1. The lowest BCUT2D eigenvalue weighted by Crippen LogP contribution is -2.45. The summed E-state index contributed by atoms with van der Waals surface area (Å²) in [6.07, 6.45) is 6.43. The van der Waals surface area contributed by atoms with Crippen LogP contribution in [0.4, 0.5) is 4.79 Å². The molecule has 0 bridgehead atoms. The minimum Gasteiger partial charge on any atom is -0.467 e. The fourth-order valence-corrected chi connectivity index (χ4v) is 2.39. The van der Waals surface area contributed by atoms with Crippen molar-refractivity contribution < 1.29 is 14.0 Å². The summed E-state index contributed by atoms with van der Waals surface area (Å²) in [6, 6.07) is 3.60. The summed E-state index contributed by atoms with van der Waals surface area (Å²) < 4.78 is 5.11. The van der Waals surface area contributed by atoms with Crippen molar-refractivity contribution in [2.75, 3.05) is 13.1 Å². The van der Waals surface area contributed by atoms with Crippen molar-refractivity contribution in [3.8, 4) is 0 Å². The molecule has 3 amide bonds. The standard InChI is InChI=1S/C15H21N3O3/c19-14(10-18(12-5-6-12)9-11-3-4-11)17-15(20)16-8-13-2-1-7-21-13/h1-2,7,11-12H,3-6,8-10H2,(H2,16,17,19,20). The molecular formula is C15H21N3O3. The number of rotatable bonds is 7. The van der Waals surface area contributed by atoms with Gasteiger partial charge in [0.05, 0.1) is 19.4 Å². The fourth-order valence-electron chi connectivity index (χ4n) is 2.39. The first-order chi connectivity index (χ1) is 10.2. The third kappa shape index (κ3) is 4.60. The maximum absolute atomic E-state index is 11.9. The van der Waals surface area contributed by atoms with E-state index in [-0.39, 0.29) is 12.5 Å². The number of hydrogen-bond acceptors (Lipinski definition) is 4. The van der Waals surface area contributed by atoms with E-state index in [1.807, 2.05) is 0 Å². The van der Waals surface area contributed by atoms with Crippen LogP contribution in [0.2, 0.25) is 0 Å². The second-order valence-electron chi connectivity index (χ2n) is 5.91. The molecule has 6 heteroatoms. The molecule has 1 aromatic rings. The second kappa shape index (κ2) is 6.30. The number of nitrogens with one attached hydrogen (secondary N) is 2. The Morgan fingerprint density at radius 3 is 2.71 bits per heavy atom. The first-order valence-electron chi connectivity index (χ1n) is 7.55. The Kier molecular flexibility index (Phi) is 4.24. The quantitative estimate of drug-likeness (QED) is 0.798. The van der Waals surface area contributed by atoms with Crippen LogP contribution in [0.5, 0.6) is 0 Å². The fraction of sp³-hybridized carbons (Fsp3) is 0.600. The highest BCUT2D eigenvalue weighted by Gasteiger charge is 2.34. The zero-order valence-electron chi connectivity index (χ0n) is 12.0. The van der Waals surface area contributed by atoms with E-state index in [4.69, 9.17) is 4.42 Å². The molecule has 0 aromatic carbocycles. The van der Waals surface area contributed by atoms with Gasteiger partial charge in [-0.1, -0.05) is 0 Å². The van der Waals surface area contributed by atoms with E-state index in [9.17, 15) is 9.59 Å². The second-order valence-corrected chi connectivity index (χ2v) is 5.91. The number of nitrogens with zero attached hydrogens (tertiary/aromatic N) is 1. The first kappa shape index (κ1) is 14.1. The summed E-state index contributed by atoms with van der Waals surface area (Å²) in [5, 5.41) is 4.98. The van der Waals surface area contributed by atoms with Crippen molar-refractivity contribution in [2.45, 2.75) is 38.3 Å². The molecule has 21 heavy (non-hydrogen) atoms. The smallest absolute Gasteiger partial charge is 0.321 e. The van der Waals surface area contributed by atoms with Crippen LogP contribution < -0.4 is 10.6 Å². The molecule has 2 N–H and O–H groups in total. The number of carbonyl (C=O) groups excluding carboxylic acids is 2. The third-order valence-corrected chi connectivity index (χ3v) is 3.86. The number of hydrogen-bond donors (Lipinski definition) is 2. The van der Waals surface area contributed by atoms with E-state index in [0.29, 0.717) is 18.3 Å². The largest absolute Gasteiger partial charge is 0.467 e. The Labute approximate surface area is 123 Å². The lowest BCUT2D eigenvalue weighted by atomic mass is 10.3. The van der Waals surface area contributed by atoms with Crippen molar-refractivity contribution in [2.24, 2.45) is 5.92 Å². The van der Waals surface area contributed by atoms with E-state index in [1.54, 1.807) is 18.4 Å². The van der Waals surface area contributed by atoms with Gasteiger partial charge in [-0.2, -0.15) is 0 Å². The predicted octanol–water partition coefficient (Wildman–Crippen LogP) is 1.48. The first-order valence-corrected chi connectivity index (χ1v) is 7.55. The van der Waals surface area contributed by atoms with Crippen molar-refractivity contribution in [1.82, 2.24) is 15.5 Å². The number of carbonyl (C=O) groups is 2. The molecule has 0 spiro atoms. The Morgan fingerprint density at radius 1 is 1.29 bits per heavy atom. The number of imide groups is 1. The highest BCUT2D eigenvalue weighted by molar-refractivity contribution is 5.95. The van der Waals surface area contributed by atoms with Gasteiger partial charge in [0.25, 0.3) is 0 Å². The lowest BCUT2D eigenvalue weighted by molar-refractivity contribution is -0.121. The maximum Gasteiger partial charge on any atom is 0.321 e. The van der Waals surface area contributed by atoms with Gasteiger partial charge < -0.3 is 9.73 Å². The summed E-state index contributed by atoms with van der Waals surface area (Å²) in [5.74, 6) is 1.18. The van der Waals surface area contributed by atoms with Crippen LogP contribution in [0.3, 0.4) is 0 Å². The van der Waals surface area contributed by atoms with Crippen LogP contribution >= 0.6 is 0 Å². The van der Waals surface area contributed by atoms with E-state index in [2.05, 4.69) is 15.5 Å². The minimum atomic E-state index is -0.474. The summed E-state index contributed by atoms with van der Waals surface area (Å²) in [6.45, 7) is 1.59. The van der Waals surface area contributed by atoms with Gasteiger partial charge in [-0.05, 0) is 43.7 Å². The predicted molar refractivity (Wildman–Crippen MR) is 76.4 cm³/mol.